The van der Waals surface area contributed by atoms with Crippen molar-refractivity contribution < 1.29 is 29.6 Å². The van der Waals surface area contributed by atoms with E-state index in [1.54, 1.807) is 0 Å². The predicted octanol–water partition coefficient (Wildman–Crippen LogP) is -0.978. The van der Waals surface area contributed by atoms with Crippen LogP contribution in [0.3, 0.4) is 0 Å². The average molecular weight is 269 g/mol. The quantitative estimate of drug-likeness (QED) is 0.605. The van der Waals surface area contributed by atoms with Crippen molar-refractivity contribution in [2.24, 2.45) is 0 Å². The smallest absolute Gasteiger partial charge is 0.339 e. The van der Waals surface area contributed by atoms with E-state index >= 15 is 0 Å². The number of esters is 1. The molecule has 0 saturated carbocycles. The third-order valence-electron chi connectivity index (χ3n) is 3.11. The van der Waals surface area contributed by atoms with E-state index in [9.17, 15) is 15.0 Å². The third kappa shape index (κ3) is 2.45. The Morgan fingerprint density at radius 2 is 2.21 bits per heavy atom. The first-order valence-electron chi connectivity index (χ1n) is 5.74. The molecule has 19 heavy (non-hydrogen) atoms. The van der Waals surface area contributed by atoms with Gasteiger partial charge in [0.25, 0.3) is 0 Å². The lowest BCUT2D eigenvalue weighted by Gasteiger charge is -2.17. The van der Waals surface area contributed by atoms with Crippen LogP contribution in [0.25, 0.3) is 0 Å². The summed E-state index contributed by atoms with van der Waals surface area (Å²) in [7, 11) is 1.23. The standard InChI is InChI=1S/C12H15NO6/c1-18-12(17)7-4-13-3-2-6(7)11-10(16)9(15)8(5-14)19-11/h2-4,8-11,14-16H,5H2,1H3/t8-,9-,10-,11?/m1/s1. The van der Waals surface area contributed by atoms with Crippen molar-refractivity contribution in [1.82, 2.24) is 4.98 Å². The topological polar surface area (TPSA) is 109 Å². The lowest BCUT2D eigenvalue weighted by Crippen LogP contribution is -2.32. The van der Waals surface area contributed by atoms with Crippen LogP contribution < -0.4 is 0 Å². The van der Waals surface area contributed by atoms with Crippen LogP contribution in [0.1, 0.15) is 22.0 Å². The van der Waals surface area contributed by atoms with Gasteiger partial charge in [0.05, 0.1) is 19.3 Å². The molecule has 1 fully saturated rings. The molecule has 1 aliphatic rings. The number of carbonyl (C=O) groups is 1. The minimum atomic E-state index is -1.23. The molecule has 3 N–H and O–H groups in total. The van der Waals surface area contributed by atoms with Crippen molar-refractivity contribution >= 4 is 5.97 Å². The number of rotatable bonds is 3. The van der Waals surface area contributed by atoms with Crippen LogP contribution in [0.2, 0.25) is 0 Å². The van der Waals surface area contributed by atoms with Gasteiger partial charge in [-0.2, -0.15) is 0 Å². The second-order valence-electron chi connectivity index (χ2n) is 4.21. The number of aliphatic hydroxyl groups is 3. The second kappa shape index (κ2) is 5.62. The minimum absolute atomic E-state index is 0.153. The van der Waals surface area contributed by atoms with E-state index in [1.807, 2.05) is 0 Å². The molecular weight excluding hydrogens is 254 g/mol. The minimum Gasteiger partial charge on any atom is -0.465 e. The maximum Gasteiger partial charge on any atom is 0.339 e. The van der Waals surface area contributed by atoms with Crippen LogP contribution in [0.4, 0.5) is 0 Å². The average Bonchev–Trinajstić information content (AvgIpc) is 2.74. The van der Waals surface area contributed by atoms with Crippen LogP contribution >= 0.6 is 0 Å². The van der Waals surface area contributed by atoms with Crippen LogP contribution in [0, 0.1) is 0 Å². The van der Waals surface area contributed by atoms with Crippen molar-refractivity contribution in [3.63, 3.8) is 0 Å². The van der Waals surface area contributed by atoms with E-state index in [1.165, 1.54) is 25.6 Å². The number of pyridine rings is 1. The van der Waals surface area contributed by atoms with Gasteiger partial charge in [-0.3, -0.25) is 4.98 Å². The van der Waals surface area contributed by atoms with Crippen LogP contribution in [0.15, 0.2) is 18.5 Å². The lowest BCUT2D eigenvalue weighted by atomic mass is 9.99. The van der Waals surface area contributed by atoms with Gasteiger partial charge >= 0.3 is 5.97 Å². The summed E-state index contributed by atoms with van der Waals surface area (Å²) in [5.41, 5.74) is 0.518. The highest BCUT2D eigenvalue weighted by atomic mass is 16.6. The molecule has 7 nitrogen and oxygen atoms in total. The van der Waals surface area contributed by atoms with Gasteiger partial charge < -0.3 is 24.8 Å². The fraction of sp³-hybridized carbons (Fsp3) is 0.500. The molecule has 1 aromatic rings. The highest BCUT2D eigenvalue weighted by Crippen LogP contribution is 2.34. The van der Waals surface area contributed by atoms with Gasteiger partial charge in [0.1, 0.15) is 24.4 Å². The molecule has 1 aliphatic heterocycles. The maximum atomic E-state index is 11.6. The Hall–Kier alpha value is -1.54. The Balaban J connectivity index is 2.35. The van der Waals surface area contributed by atoms with Crippen molar-refractivity contribution in [1.29, 1.82) is 0 Å². The summed E-state index contributed by atoms with van der Waals surface area (Å²) in [6.45, 7) is -0.423. The zero-order valence-corrected chi connectivity index (χ0v) is 10.3. The SMILES string of the molecule is COC(=O)c1cnccc1C1O[C@H](CO)[C@@H](O)[C@H]1O. The van der Waals surface area contributed by atoms with Crippen molar-refractivity contribution in [2.75, 3.05) is 13.7 Å². The van der Waals surface area contributed by atoms with E-state index < -0.39 is 37.0 Å². The van der Waals surface area contributed by atoms with Crippen molar-refractivity contribution in [3.05, 3.63) is 29.6 Å². The van der Waals surface area contributed by atoms with E-state index in [-0.39, 0.29) is 5.56 Å². The number of carbonyl (C=O) groups excluding carboxylic acids is 1. The Morgan fingerprint density at radius 1 is 1.47 bits per heavy atom. The summed E-state index contributed by atoms with van der Waals surface area (Å²) in [6, 6.07) is 1.51. The molecule has 0 amide bonds. The predicted molar refractivity (Wildman–Crippen MR) is 62.3 cm³/mol. The number of nitrogens with zero attached hydrogens (tertiary/aromatic N) is 1. The number of aliphatic hydroxyl groups excluding tert-OH is 3. The second-order valence-corrected chi connectivity index (χ2v) is 4.21. The van der Waals surface area contributed by atoms with Gasteiger partial charge in [-0.15, -0.1) is 0 Å². The first kappa shape index (κ1) is 13.9. The maximum absolute atomic E-state index is 11.6. The fourth-order valence-electron chi connectivity index (χ4n) is 2.09. The lowest BCUT2D eigenvalue weighted by molar-refractivity contribution is -0.0231. The molecule has 4 atom stereocenters. The Morgan fingerprint density at radius 3 is 2.79 bits per heavy atom. The molecule has 0 spiro atoms. The molecule has 1 unspecified atom stereocenters. The van der Waals surface area contributed by atoms with Crippen molar-refractivity contribution in [3.8, 4) is 0 Å². The summed E-state index contributed by atoms with van der Waals surface area (Å²) in [5.74, 6) is -0.610. The number of methoxy groups -OCH3 is 1. The van der Waals surface area contributed by atoms with Gasteiger partial charge in [0.2, 0.25) is 0 Å². The summed E-state index contributed by atoms with van der Waals surface area (Å²) >= 11 is 0. The highest BCUT2D eigenvalue weighted by Gasteiger charge is 2.44. The zero-order chi connectivity index (χ0) is 14.0. The van der Waals surface area contributed by atoms with Crippen LogP contribution in [-0.4, -0.2) is 58.3 Å². The third-order valence-corrected chi connectivity index (χ3v) is 3.11. The highest BCUT2D eigenvalue weighted by molar-refractivity contribution is 5.90. The monoisotopic (exact) mass is 269 g/mol. The first-order chi connectivity index (χ1) is 9.10. The van der Waals surface area contributed by atoms with E-state index in [4.69, 9.17) is 9.84 Å². The number of ether oxygens (including phenoxy) is 2. The van der Waals surface area contributed by atoms with Gasteiger partial charge in [0, 0.05) is 18.0 Å². The summed E-state index contributed by atoms with van der Waals surface area (Å²) in [5, 5.41) is 28.7. The van der Waals surface area contributed by atoms with Gasteiger partial charge in [-0.25, -0.2) is 4.79 Å². The molecule has 0 radical (unpaired) electrons. The zero-order valence-electron chi connectivity index (χ0n) is 10.3. The Bertz CT molecular complexity index is 465. The fourth-order valence-corrected chi connectivity index (χ4v) is 2.09. The summed E-state index contributed by atoms with van der Waals surface area (Å²) in [4.78, 5) is 15.4. The molecule has 2 heterocycles. The molecule has 0 aliphatic carbocycles. The molecule has 7 heteroatoms. The normalized spacial score (nSPS) is 30.3. The number of hydrogen-bond acceptors (Lipinski definition) is 7. The van der Waals surface area contributed by atoms with Crippen LogP contribution in [-0.2, 0) is 9.47 Å². The molecule has 2 rings (SSSR count). The molecule has 0 aromatic carbocycles. The van der Waals surface area contributed by atoms with Gasteiger partial charge in [-0.1, -0.05) is 0 Å². The number of hydrogen-bond donors (Lipinski definition) is 3. The Labute approximate surface area is 109 Å². The summed E-state index contributed by atoms with van der Waals surface area (Å²) < 4.78 is 9.99. The van der Waals surface area contributed by atoms with E-state index in [0.29, 0.717) is 5.56 Å². The molecular formula is C12H15NO6. The van der Waals surface area contributed by atoms with Gasteiger partial charge in [0.15, 0.2) is 0 Å². The summed E-state index contributed by atoms with van der Waals surface area (Å²) in [6.07, 6.45) is -1.51. The number of aromatic nitrogens is 1. The molecule has 1 saturated heterocycles. The molecule has 104 valence electrons. The first-order valence-corrected chi connectivity index (χ1v) is 5.74. The molecule has 0 bridgehead atoms. The van der Waals surface area contributed by atoms with E-state index in [0.717, 1.165) is 0 Å². The van der Waals surface area contributed by atoms with Crippen molar-refractivity contribution in [2.45, 2.75) is 24.4 Å². The van der Waals surface area contributed by atoms with E-state index in [2.05, 4.69) is 9.72 Å². The van der Waals surface area contributed by atoms with Gasteiger partial charge in [-0.05, 0) is 6.07 Å². The molecule has 1 aromatic heterocycles. The van der Waals surface area contributed by atoms with Crippen LogP contribution in [0.5, 0.6) is 0 Å². The Kier molecular flexibility index (Phi) is 4.11. The largest absolute Gasteiger partial charge is 0.465 e.